The molecule has 0 spiro atoms. The van der Waals surface area contributed by atoms with Gasteiger partial charge in [0.1, 0.15) is 6.10 Å². The summed E-state index contributed by atoms with van der Waals surface area (Å²) in [6.07, 6.45) is 5.15. The molecule has 2 aromatic heterocycles. The van der Waals surface area contributed by atoms with Crippen molar-refractivity contribution in [3.8, 4) is 0 Å². The van der Waals surface area contributed by atoms with Crippen LogP contribution in [0.2, 0.25) is 5.28 Å². The highest BCUT2D eigenvalue weighted by molar-refractivity contribution is 7.79. The first-order chi connectivity index (χ1) is 21.3. The molecule has 15 heteroatoms. The number of esters is 2. The van der Waals surface area contributed by atoms with Crippen LogP contribution >= 0.6 is 25.9 Å². The fraction of sp³-hybridized carbons (Fsp3) is 0.774. The molecule has 2 aromatic rings. The lowest BCUT2D eigenvalue weighted by Gasteiger charge is -2.65. The fourth-order valence-electron chi connectivity index (χ4n) is 10.0. The van der Waals surface area contributed by atoms with Gasteiger partial charge in [-0.15, -0.1) is 0 Å². The number of aromatic nitrogens is 4. The minimum atomic E-state index is -2.80. The zero-order valence-electron chi connectivity index (χ0n) is 27.7. The molecule has 0 aromatic carbocycles. The van der Waals surface area contributed by atoms with Gasteiger partial charge in [-0.1, -0.05) is 13.8 Å². The number of hydrogen-bond acceptors (Lipinski definition) is 11. The molecule has 0 radical (unpaired) electrons. The number of nitrogens with zero attached hydrogens (tertiary/aromatic N) is 4. The fourth-order valence-corrected chi connectivity index (χ4v) is 17.3. The van der Waals surface area contributed by atoms with E-state index >= 15 is 0 Å². The molecule has 3 heterocycles. The highest BCUT2D eigenvalue weighted by atomic mass is 35.5. The second-order valence-electron chi connectivity index (χ2n) is 15.9. The molecule has 1 N–H and O–H groups in total. The van der Waals surface area contributed by atoms with Crippen molar-refractivity contribution >= 4 is 54.8 Å². The third kappa shape index (κ3) is 6.92. The molecule has 254 valence electrons. The summed E-state index contributed by atoms with van der Waals surface area (Å²) in [6, 6.07) is 0. The normalized spacial score (nSPS) is 36.5. The number of carbonyl (C=O) groups excluding carboxylic acids is 2. The quantitative estimate of drug-likeness (QED) is 0.168. The van der Waals surface area contributed by atoms with Crippen molar-refractivity contribution in [1.29, 1.82) is 0 Å². The van der Waals surface area contributed by atoms with Crippen molar-refractivity contribution in [2.45, 2.75) is 103 Å². The van der Waals surface area contributed by atoms with E-state index < -0.39 is 50.8 Å². The number of rotatable bonds is 10. The van der Waals surface area contributed by atoms with Crippen LogP contribution < -0.4 is 5.32 Å². The van der Waals surface area contributed by atoms with E-state index in [9.17, 15) is 18.7 Å². The molecule has 0 amide bonds. The zero-order chi connectivity index (χ0) is 33.4. The zero-order valence-corrected chi connectivity index (χ0v) is 30.3. The number of hydrogen-bond donors (Lipinski definition) is 1. The molecular formula is C31H46ClN5O7P2. The van der Waals surface area contributed by atoms with Gasteiger partial charge in [0, 0.05) is 25.5 Å². The molecule has 12 nitrogen and oxygen atoms in total. The Bertz CT molecular complexity index is 1640. The number of carbonyl (C=O) groups is 2. The molecule has 1 aliphatic heterocycles. The smallest absolute Gasteiger partial charge is 0.303 e. The second-order valence-corrected chi connectivity index (χ2v) is 23.6. The molecule has 9 atom stereocenters. The first-order valence-electron chi connectivity index (χ1n) is 16.0. The molecule has 4 saturated carbocycles. The van der Waals surface area contributed by atoms with Crippen molar-refractivity contribution in [2.75, 3.05) is 37.4 Å². The van der Waals surface area contributed by atoms with Gasteiger partial charge in [-0.05, 0) is 93.3 Å². The lowest BCUT2D eigenvalue weighted by Crippen LogP contribution is -2.61. The van der Waals surface area contributed by atoms with Crippen LogP contribution in [0.4, 0.5) is 5.82 Å². The average Bonchev–Trinajstić information content (AvgIpc) is 3.39. The van der Waals surface area contributed by atoms with Gasteiger partial charge in [0.25, 0.3) is 0 Å². The predicted molar refractivity (Wildman–Crippen MR) is 176 cm³/mol. The van der Waals surface area contributed by atoms with E-state index in [1.54, 1.807) is 30.9 Å². The summed E-state index contributed by atoms with van der Waals surface area (Å²) in [5.41, 5.74) is 1.32. The minimum Gasteiger partial charge on any atom is -0.456 e. The first-order valence-corrected chi connectivity index (χ1v) is 21.7. The number of halogens is 1. The summed E-state index contributed by atoms with van der Waals surface area (Å²) in [5, 5.41) is 3.84. The standard InChI is InChI=1S/C31H46ClN5O7P2/c1-18(38)42-23-21(8-9-46(7,41)17-45(5,6)40)44-27(24(23)43-19(2)39)37-16-33-22-25(34-28(32)35-26(22)37)36-31-12-20-10-29(3,14-31)13-30(4,11-20)15-31/h16,20-21,23-24,27H,8-15,17H2,1-7H3,(H,34,35,36)/t20?,21-,23?,24+,27-,29-,30+,31?,46?/m1/s1. The van der Waals surface area contributed by atoms with Crippen LogP contribution in [-0.4, -0.2) is 87.4 Å². The minimum absolute atomic E-state index is 0.0319. The van der Waals surface area contributed by atoms with E-state index in [0.717, 1.165) is 19.3 Å². The van der Waals surface area contributed by atoms with E-state index in [-0.39, 0.29) is 40.1 Å². The number of anilines is 1. The number of fused-ring (bicyclic) bond motifs is 1. The SMILES string of the molecule is CC(=O)OC1[C@@H](CCP(C)(=O)CP(C)(C)=O)O[C@@H](n2cnc3c(NC45CC6C[C@@](C)(C4)C[C@](C)(C6)C5)nc(Cl)nc32)[C@H]1OC(C)=O. The Kier molecular flexibility index (Phi) is 8.52. The van der Waals surface area contributed by atoms with E-state index in [1.165, 1.54) is 33.1 Å². The van der Waals surface area contributed by atoms with Gasteiger partial charge in [-0.25, -0.2) is 4.98 Å². The van der Waals surface area contributed by atoms with Crippen LogP contribution in [0.5, 0.6) is 0 Å². The Morgan fingerprint density at radius 3 is 2.24 bits per heavy atom. The maximum atomic E-state index is 13.4. The lowest BCUT2D eigenvalue weighted by atomic mass is 9.43. The van der Waals surface area contributed by atoms with Crippen molar-refractivity contribution in [3.05, 3.63) is 11.6 Å². The van der Waals surface area contributed by atoms with Crippen molar-refractivity contribution in [1.82, 2.24) is 19.5 Å². The summed E-state index contributed by atoms with van der Waals surface area (Å²) < 4.78 is 45.3. The molecule has 4 aliphatic carbocycles. The molecular weight excluding hydrogens is 652 g/mol. The maximum absolute atomic E-state index is 13.4. The van der Waals surface area contributed by atoms with Gasteiger partial charge in [-0.2, -0.15) is 9.97 Å². The first kappa shape index (κ1) is 33.9. The number of imidazole rings is 1. The Hall–Kier alpha value is -2.00. The number of nitrogens with one attached hydrogen (secondary N) is 1. The Morgan fingerprint density at radius 1 is 1.02 bits per heavy atom. The van der Waals surface area contributed by atoms with E-state index in [2.05, 4.69) is 29.1 Å². The van der Waals surface area contributed by atoms with Gasteiger partial charge < -0.3 is 28.7 Å². The van der Waals surface area contributed by atoms with E-state index in [4.69, 9.17) is 30.8 Å². The van der Waals surface area contributed by atoms with Gasteiger partial charge >= 0.3 is 11.9 Å². The third-order valence-electron chi connectivity index (χ3n) is 10.1. The Balaban J connectivity index is 1.33. The van der Waals surface area contributed by atoms with Crippen molar-refractivity contribution in [3.63, 3.8) is 0 Å². The molecule has 1 saturated heterocycles. The van der Waals surface area contributed by atoms with Crippen molar-refractivity contribution in [2.24, 2.45) is 16.7 Å². The summed E-state index contributed by atoms with van der Waals surface area (Å²) >= 11 is 6.55. The van der Waals surface area contributed by atoms with Crippen LogP contribution in [0.25, 0.3) is 11.2 Å². The van der Waals surface area contributed by atoms with E-state index in [1.807, 2.05) is 0 Å². The topological polar surface area (TPSA) is 152 Å². The Labute approximate surface area is 275 Å². The Morgan fingerprint density at radius 2 is 1.65 bits per heavy atom. The summed E-state index contributed by atoms with van der Waals surface area (Å²) in [5.74, 6) is 0.176. The monoisotopic (exact) mass is 697 g/mol. The second kappa shape index (κ2) is 11.6. The summed E-state index contributed by atoms with van der Waals surface area (Å²) in [7, 11) is -5.34. The highest BCUT2D eigenvalue weighted by Crippen LogP contribution is 2.67. The van der Waals surface area contributed by atoms with Crippen LogP contribution in [0.3, 0.4) is 0 Å². The van der Waals surface area contributed by atoms with Gasteiger partial charge in [0.2, 0.25) is 5.28 Å². The highest BCUT2D eigenvalue weighted by Gasteiger charge is 2.60. The largest absolute Gasteiger partial charge is 0.456 e. The van der Waals surface area contributed by atoms with Gasteiger partial charge in [-0.3, -0.25) is 14.2 Å². The van der Waals surface area contributed by atoms with Gasteiger partial charge in [0.05, 0.1) is 26.5 Å². The van der Waals surface area contributed by atoms with E-state index in [0.29, 0.717) is 22.9 Å². The summed E-state index contributed by atoms with van der Waals surface area (Å²) in [6.45, 7) is 12.2. The lowest BCUT2D eigenvalue weighted by molar-refractivity contribution is -0.165. The van der Waals surface area contributed by atoms with Crippen LogP contribution in [0.15, 0.2) is 6.33 Å². The molecule has 5 aliphatic rings. The van der Waals surface area contributed by atoms with Crippen LogP contribution in [-0.2, 0) is 32.9 Å². The number of ether oxygens (including phenoxy) is 3. The van der Waals surface area contributed by atoms with Crippen LogP contribution in [0.1, 0.15) is 78.9 Å². The third-order valence-corrected chi connectivity index (χ3v) is 16.6. The van der Waals surface area contributed by atoms with Gasteiger partial charge in [0.15, 0.2) is 35.4 Å². The molecule has 46 heavy (non-hydrogen) atoms. The predicted octanol–water partition coefficient (Wildman–Crippen LogP) is 6.36. The molecule has 5 fully saturated rings. The van der Waals surface area contributed by atoms with Crippen molar-refractivity contribution < 1.29 is 32.9 Å². The summed E-state index contributed by atoms with van der Waals surface area (Å²) in [4.78, 5) is 38.4. The molecule has 4 bridgehead atoms. The average molecular weight is 698 g/mol. The van der Waals surface area contributed by atoms with Crippen LogP contribution in [0, 0.1) is 16.7 Å². The maximum Gasteiger partial charge on any atom is 0.303 e. The molecule has 7 rings (SSSR count). The molecule has 4 unspecified atom stereocenters.